The molecule has 0 spiro atoms. The molecule has 3 nitrogen and oxygen atoms in total. The zero-order valence-electron chi connectivity index (χ0n) is 10.3. The molecule has 2 rings (SSSR count). The zero-order valence-corrected chi connectivity index (χ0v) is 10.3. The van der Waals surface area contributed by atoms with Crippen molar-refractivity contribution in [1.82, 2.24) is 4.90 Å². The van der Waals surface area contributed by atoms with Crippen molar-refractivity contribution in [2.45, 2.75) is 32.2 Å². The highest BCUT2D eigenvalue weighted by atomic mass is 16.5. The summed E-state index contributed by atoms with van der Waals surface area (Å²) in [6.07, 6.45) is 2.56. The Bertz CT molecular complexity index is 222. The molecular weight excluding hydrogens is 188 g/mol. The van der Waals surface area contributed by atoms with E-state index in [0.717, 1.165) is 19.1 Å². The quantitative estimate of drug-likeness (QED) is 0.744. The lowest BCUT2D eigenvalue weighted by Gasteiger charge is -2.56. The summed E-state index contributed by atoms with van der Waals surface area (Å²) in [5.41, 5.74) is 6.49. The lowest BCUT2D eigenvalue weighted by atomic mass is 9.60. The van der Waals surface area contributed by atoms with Crippen molar-refractivity contribution in [3.8, 4) is 0 Å². The first-order valence-corrected chi connectivity index (χ1v) is 6.01. The summed E-state index contributed by atoms with van der Waals surface area (Å²) < 4.78 is 5.45. The molecule has 3 heteroatoms. The fourth-order valence-corrected chi connectivity index (χ4v) is 3.02. The van der Waals surface area contributed by atoms with Gasteiger partial charge in [0.25, 0.3) is 0 Å². The lowest BCUT2D eigenvalue weighted by Crippen LogP contribution is -2.66. The Labute approximate surface area is 93.0 Å². The maximum absolute atomic E-state index is 6.35. The molecule has 2 aliphatic heterocycles. The molecule has 88 valence electrons. The van der Waals surface area contributed by atoms with Crippen LogP contribution in [0.3, 0.4) is 0 Å². The molecule has 0 aromatic heterocycles. The molecule has 2 aliphatic rings. The van der Waals surface area contributed by atoms with E-state index in [2.05, 4.69) is 25.8 Å². The standard InChI is InChI=1S/C12H24N2O/c1-11(2,13)12(8-15-9-12)10-4-6-14(3)7-5-10/h10H,4-9,13H2,1-3H3. The molecule has 2 N–H and O–H groups in total. The van der Waals surface area contributed by atoms with Crippen molar-refractivity contribution in [2.75, 3.05) is 33.4 Å². The predicted octanol–water partition coefficient (Wildman–Crippen LogP) is 1.08. The number of hydrogen-bond acceptors (Lipinski definition) is 3. The minimum Gasteiger partial charge on any atom is -0.380 e. The molecule has 0 unspecified atom stereocenters. The molecule has 0 bridgehead atoms. The van der Waals surface area contributed by atoms with Crippen LogP contribution in [0.2, 0.25) is 0 Å². The van der Waals surface area contributed by atoms with E-state index in [1.807, 2.05) is 0 Å². The number of hydrogen-bond donors (Lipinski definition) is 1. The summed E-state index contributed by atoms with van der Waals surface area (Å²) >= 11 is 0. The van der Waals surface area contributed by atoms with Gasteiger partial charge in [0, 0.05) is 11.0 Å². The van der Waals surface area contributed by atoms with Crippen LogP contribution in [0.5, 0.6) is 0 Å². The van der Waals surface area contributed by atoms with E-state index in [1.54, 1.807) is 0 Å². The van der Waals surface area contributed by atoms with Gasteiger partial charge >= 0.3 is 0 Å². The van der Waals surface area contributed by atoms with E-state index >= 15 is 0 Å². The second-order valence-electron chi connectivity index (χ2n) is 5.95. The van der Waals surface area contributed by atoms with Gasteiger partial charge in [0.05, 0.1) is 13.2 Å². The topological polar surface area (TPSA) is 38.5 Å². The van der Waals surface area contributed by atoms with Gasteiger partial charge in [0.2, 0.25) is 0 Å². The molecular formula is C12H24N2O. The minimum atomic E-state index is -0.105. The van der Waals surface area contributed by atoms with Crippen LogP contribution in [0.4, 0.5) is 0 Å². The van der Waals surface area contributed by atoms with Crippen LogP contribution in [0.1, 0.15) is 26.7 Å². The molecule has 0 aromatic rings. The average Bonchev–Trinajstić information content (AvgIpc) is 2.03. The highest BCUT2D eigenvalue weighted by molar-refractivity contribution is 5.05. The summed E-state index contributed by atoms with van der Waals surface area (Å²) in [5, 5.41) is 0. The lowest BCUT2D eigenvalue weighted by molar-refractivity contribution is -0.187. The molecule has 0 radical (unpaired) electrons. The summed E-state index contributed by atoms with van der Waals surface area (Å²) in [5.74, 6) is 0.752. The summed E-state index contributed by atoms with van der Waals surface area (Å²) in [6.45, 7) is 8.47. The Morgan fingerprint density at radius 3 is 2.13 bits per heavy atom. The Balaban J connectivity index is 2.07. The van der Waals surface area contributed by atoms with Crippen molar-refractivity contribution >= 4 is 0 Å². The molecule has 2 saturated heterocycles. The average molecular weight is 212 g/mol. The number of nitrogens with zero attached hydrogens (tertiary/aromatic N) is 1. The van der Waals surface area contributed by atoms with Crippen LogP contribution in [0.15, 0.2) is 0 Å². The van der Waals surface area contributed by atoms with Crippen LogP contribution < -0.4 is 5.73 Å². The number of rotatable bonds is 2. The first kappa shape index (κ1) is 11.4. The normalized spacial score (nSPS) is 28.8. The summed E-state index contributed by atoms with van der Waals surface area (Å²) in [6, 6.07) is 0. The maximum Gasteiger partial charge on any atom is 0.0565 e. The predicted molar refractivity (Wildman–Crippen MR) is 61.7 cm³/mol. The SMILES string of the molecule is CN1CCC(C2(C(C)(C)N)COC2)CC1. The zero-order chi connectivity index (χ0) is 11.1. The third-order valence-electron chi connectivity index (χ3n) is 4.50. The van der Waals surface area contributed by atoms with E-state index in [9.17, 15) is 0 Å². The van der Waals surface area contributed by atoms with Gasteiger partial charge in [-0.2, -0.15) is 0 Å². The number of nitrogens with two attached hydrogens (primary N) is 1. The fraction of sp³-hybridized carbons (Fsp3) is 1.00. The highest BCUT2D eigenvalue weighted by Gasteiger charge is 2.54. The highest BCUT2D eigenvalue weighted by Crippen LogP contribution is 2.47. The molecule has 0 aliphatic carbocycles. The second-order valence-corrected chi connectivity index (χ2v) is 5.95. The van der Waals surface area contributed by atoms with Crippen molar-refractivity contribution in [3.05, 3.63) is 0 Å². The molecule has 0 saturated carbocycles. The summed E-state index contributed by atoms with van der Waals surface area (Å²) in [4.78, 5) is 2.41. The first-order valence-electron chi connectivity index (χ1n) is 6.01. The van der Waals surface area contributed by atoms with Gasteiger partial charge < -0.3 is 15.4 Å². The molecule has 15 heavy (non-hydrogen) atoms. The van der Waals surface area contributed by atoms with Crippen molar-refractivity contribution in [3.63, 3.8) is 0 Å². The van der Waals surface area contributed by atoms with E-state index in [4.69, 9.17) is 10.5 Å². The molecule has 0 atom stereocenters. The Morgan fingerprint density at radius 1 is 1.27 bits per heavy atom. The van der Waals surface area contributed by atoms with Crippen LogP contribution in [0.25, 0.3) is 0 Å². The maximum atomic E-state index is 6.35. The van der Waals surface area contributed by atoms with E-state index in [-0.39, 0.29) is 11.0 Å². The van der Waals surface area contributed by atoms with Gasteiger partial charge in [-0.25, -0.2) is 0 Å². The van der Waals surface area contributed by atoms with Gasteiger partial charge in [-0.1, -0.05) is 0 Å². The third-order valence-corrected chi connectivity index (χ3v) is 4.50. The van der Waals surface area contributed by atoms with E-state index in [1.165, 1.54) is 25.9 Å². The summed E-state index contributed by atoms with van der Waals surface area (Å²) in [7, 11) is 2.20. The van der Waals surface area contributed by atoms with Gasteiger partial charge in [-0.15, -0.1) is 0 Å². The van der Waals surface area contributed by atoms with Gasteiger partial charge in [-0.3, -0.25) is 0 Å². The van der Waals surface area contributed by atoms with Crippen LogP contribution in [0, 0.1) is 11.3 Å². The monoisotopic (exact) mass is 212 g/mol. The Hall–Kier alpha value is -0.120. The van der Waals surface area contributed by atoms with Crippen molar-refractivity contribution < 1.29 is 4.74 Å². The van der Waals surface area contributed by atoms with E-state index < -0.39 is 0 Å². The number of likely N-dealkylation sites (tertiary alicyclic amines) is 1. The van der Waals surface area contributed by atoms with Gasteiger partial charge in [-0.05, 0) is 52.7 Å². The van der Waals surface area contributed by atoms with Crippen molar-refractivity contribution in [1.29, 1.82) is 0 Å². The number of ether oxygens (including phenoxy) is 1. The van der Waals surface area contributed by atoms with Gasteiger partial charge in [0.15, 0.2) is 0 Å². The third kappa shape index (κ3) is 1.81. The number of piperidine rings is 1. The molecule has 0 aromatic carbocycles. The fourth-order valence-electron chi connectivity index (χ4n) is 3.02. The first-order chi connectivity index (χ1) is 6.96. The Morgan fingerprint density at radius 2 is 1.80 bits per heavy atom. The van der Waals surface area contributed by atoms with Crippen molar-refractivity contribution in [2.24, 2.45) is 17.1 Å². The molecule has 0 amide bonds. The largest absolute Gasteiger partial charge is 0.380 e. The minimum absolute atomic E-state index is 0.105. The van der Waals surface area contributed by atoms with E-state index in [0.29, 0.717) is 0 Å². The smallest absolute Gasteiger partial charge is 0.0565 e. The van der Waals surface area contributed by atoms with Crippen LogP contribution in [-0.2, 0) is 4.74 Å². The second kappa shape index (κ2) is 3.72. The van der Waals surface area contributed by atoms with Gasteiger partial charge in [0.1, 0.15) is 0 Å². The molecule has 2 heterocycles. The van der Waals surface area contributed by atoms with Crippen LogP contribution >= 0.6 is 0 Å². The van der Waals surface area contributed by atoms with Crippen LogP contribution in [-0.4, -0.2) is 43.8 Å². The Kier molecular flexibility index (Phi) is 2.82. The molecule has 2 fully saturated rings.